The van der Waals surface area contributed by atoms with E-state index in [1.807, 2.05) is 48.5 Å². The second kappa shape index (κ2) is 10.2. The Morgan fingerprint density at radius 1 is 0.892 bits per heavy atom. The Kier molecular flexibility index (Phi) is 7.35. The SMILES string of the molecule is CC(C(=O)NC1(c2ccccc2)CCC(c2ccccn2)CC1)c1cc(C(F)(F)F)cc(C(F)(F)F)c1. The average Bonchev–Trinajstić information content (AvgIpc) is 2.88. The molecule has 37 heavy (non-hydrogen) atoms. The Morgan fingerprint density at radius 3 is 1.97 bits per heavy atom. The number of hydrogen-bond donors (Lipinski definition) is 1. The molecule has 9 heteroatoms. The number of hydrogen-bond acceptors (Lipinski definition) is 2. The summed E-state index contributed by atoms with van der Waals surface area (Å²) in [5, 5.41) is 3.01. The summed E-state index contributed by atoms with van der Waals surface area (Å²) in [6.45, 7) is 1.32. The first-order valence-electron chi connectivity index (χ1n) is 12.0. The fourth-order valence-corrected chi connectivity index (χ4v) is 4.99. The summed E-state index contributed by atoms with van der Waals surface area (Å²) in [6, 6.07) is 16.2. The fraction of sp³-hybridized carbons (Fsp3) is 0.357. The molecule has 1 amide bonds. The number of carbonyl (C=O) groups is 1. The lowest BCUT2D eigenvalue weighted by Gasteiger charge is -2.42. The van der Waals surface area contributed by atoms with E-state index in [0.717, 1.165) is 11.3 Å². The number of alkyl halides is 6. The van der Waals surface area contributed by atoms with Crippen molar-refractivity contribution in [1.82, 2.24) is 10.3 Å². The van der Waals surface area contributed by atoms with E-state index in [-0.39, 0.29) is 17.5 Å². The van der Waals surface area contributed by atoms with Crippen LogP contribution in [0.5, 0.6) is 0 Å². The van der Waals surface area contributed by atoms with Crippen molar-refractivity contribution in [2.24, 2.45) is 0 Å². The van der Waals surface area contributed by atoms with Crippen molar-refractivity contribution < 1.29 is 31.1 Å². The molecule has 1 unspecified atom stereocenters. The molecule has 2 aromatic carbocycles. The maximum atomic E-state index is 13.4. The zero-order chi connectivity index (χ0) is 26.8. The summed E-state index contributed by atoms with van der Waals surface area (Å²) < 4.78 is 80.2. The molecule has 1 heterocycles. The van der Waals surface area contributed by atoms with Crippen LogP contribution in [0.3, 0.4) is 0 Å². The normalized spacial score (nSPS) is 21.3. The topological polar surface area (TPSA) is 42.0 Å². The third-order valence-electron chi connectivity index (χ3n) is 7.14. The van der Waals surface area contributed by atoms with Crippen LogP contribution in [0.15, 0.2) is 72.9 Å². The predicted molar refractivity (Wildman–Crippen MR) is 127 cm³/mol. The number of rotatable bonds is 5. The van der Waals surface area contributed by atoms with E-state index in [9.17, 15) is 31.1 Å². The molecule has 0 spiro atoms. The van der Waals surface area contributed by atoms with Crippen molar-refractivity contribution in [3.8, 4) is 0 Å². The van der Waals surface area contributed by atoms with Crippen molar-refractivity contribution in [2.45, 2.75) is 62.3 Å². The molecule has 0 radical (unpaired) electrons. The predicted octanol–water partition coefficient (Wildman–Crippen LogP) is 7.59. The molecule has 3 nitrogen and oxygen atoms in total. The quantitative estimate of drug-likeness (QED) is 0.352. The number of aromatic nitrogens is 1. The summed E-state index contributed by atoms with van der Waals surface area (Å²) >= 11 is 0. The van der Waals surface area contributed by atoms with Gasteiger partial charge in [-0.15, -0.1) is 0 Å². The molecule has 4 rings (SSSR count). The molecule has 1 atom stereocenters. The van der Waals surface area contributed by atoms with Crippen molar-refractivity contribution in [2.75, 3.05) is 0 Å². The molecule has 0 aliphatic heterocycles. The monoisotopic (exact) mass is 520 g/mol. The minimum atomic E-state index is -4.98. The van der Waals surface area contributed by atoms with Crippen LogP contribution in [0.25, 0.3) is 0 Å². The summed E-state index contributed by atoms with van der Waals surface area (Å²) in [6.07, 6.45) is -5.73. The highest BCUT2D eigenvalue weighted by Crippen LogP contribution is 2.44. The van der Waals surface area contributed by atoms with Gasteiger partial charge in [-0.1, -0.05) is 36.4 Å². The number of benzene rings is 2. The standard InChI is InChI=1S/C28H26F6N2O/c1-18(20-15-22(27(29,30)31)17-23(16-20)28(32,33)34)25(37)36-26(21-7-3-2-4-8-21)12-10-19(11-13-26)24-9-5-6-14-35-24/h2-9,14-19H,10-13H2,1H3,(H,36,37). The second-order valence-corrected chi connectivity index (χ2v) is 9.53. The Hall–Kier alpha value is -3.36. The zero-order valence-electron chi connectivity index (χ0n) is 20.0. The average molecular weight is 521 g/mol. The smallest absolute Gasteiger partial charge is 0.346 e. The maximum Gasteiger partial charge on any atom is 0.416 e. The van der Waals surface area contributed by atoms with Gasteiger partial charge in [-0.3, -0.25) is 9.78 Å². The van der Waals surface area contributed by atoms with Gasteiger partial charge in [0.1, 0.15) is 0 Å². The van der Waals surface area contributed by atoms with Gasteiger partial charge in [0.25, 0.3) is 0 Å². The van der Waals surface area contributed by atoms with E-state index in [2.05, 4.69) is 10.3 Å². The highest BCUT2D eigenvalue weighted by molar-refractivity contribution is 5.84. The Morgan fingerprint density at radius 2 is 1.46 bits per heavy atom. The Labute approximate surface area is 210 Å². The van der Waals surface area contributed by atoms with E-state index in [1.54, 1.807) is 6.20 Å². The highest BCUT2D eigenvalue weighted by Gasteiger charge is 2.41. The van der Waals surface area contributed by atoms with E-state index in [4.69, 9.17) is 0 Å². The van der Waals surface area contributed by atoms with Gasteiger partial charge < -0.3 is 5.32 Å². The minimum absolute atomic E-state index is 0.0679. The number of nitrogens with zero attached hydrogens (tertiary/aromatic N) is 1. The first-order valence-corrected chi connectivity index (χ1v) is 12.0. The van der Waals surface area contributed by atoms with E-state index in [1.165, 1.54) is 6.92 Å². The first kappa shape index (κ1) is 26.7. The number of carbonyl (C=O) groups excluding carboxylic acids is 1. The van der Waals surface area contributed by atoms with Crippen molar-refractivity contribution in [3.05, 3.63) is 101 Å². The molecular formula is C28H26F6N2O. The largest absolute Gasteiger partial charge is 0.416 e. The lowest BCUT2D eigenvalue weighted by Crippen LogP contribution is -2.49. The molecule has 0 saturated heterocycles. The van der Waals surface area contributed by atoms with Crippen molar-refractivity contribution in [1.29, 1.82) is 0 Å². The first-order chi connectivity index (χ1) is 17.4. The molecule has 3 aromatic rings. The zero-order valence-corrected chi connectivity index (χ0v) is 20.0. The molecular weight excluding hydrogens is 494 g/mol. The van der Waals surface area contributed by atoms with Crippen molar-refractivity contribution >= 4 is 5.91 Å². The molecule has 1 aliphatic rings. The van der Waals surface area contributed by atoms with Crippen LogP contribution in [0, 0.1) is 0 Å². The van der Waals surface area contributed by atoms with Crippen LogP contribution in [0.4, 0.5) is 26.3 Å². The molecule has 196 valence electrons. The van der Waals surface area contributed by atoms with Crippen LogP contribution in [0.1, 0.15) is 72.4 Å². The van der Waals surface area contributed by atoms with Gasteiger partial charge in [0.05, 0.1) is 22.6 Å². The second-order valence-electron chi connectivity index (χ2n) is 9.53. The fourth-order valence-electron chi connectivity index (χ4n) is 4.99. The summed E-state index contributed by atoms with van der Waals surface area (Å²) in [5.41, 5.74) is -2.23. The number of amides is 1. The molecule has 1 aromatic heterocycles. The molecule has 1 N–H and O–H groups in total. The number of nitrogens with one attached hydrogen (secondary N) is 1. The Balaban J connectivity index is 1.63. The van der Waals surface area contributed by atoms with Gasteiger partial charge in [-0.2, -0.15) is 26.3 Å². The third kappa shape index (κ3) is 5.97. The lowest BCUT2D eigenvalue weighted by atomic mass is 9.71. The van der Waals surface area contributed by atoms with Gasteiger partial charge in [-0.05, 0) is 74.1 Å². The summed E-state index contributed by atoms with van der Waals surface area (Å²) in [5.74, 6) is -1.68. The third-order valence-corrected chi connectivity index (χ3v) is 7.14. The summed E-state index contributed by atoms with van der Waals surface area (Å²) in [4.78, 5) is 17.8. The van der Waals surface area contributed by atoms with E-state index >= 15 is 0 Å². The maximum absolute atomic E-state index is 13.4. The van der Waals surface area contributed by atoms with Gasteiger partial charge in [0.2, 0.25) is 5.91 Å². The van der Waals surface area contributed by atoms with Crippen LogP contribution in [0.2, 0.25) is 0 Å². The molecule has 1 fully saturated rings. The van der Waals surface area contributed by atoms with Gasteiger partial charge in [0.15, 0.2) is 0 Å². The van der Waals surface area contributed by atoms with Crippen LogP contribution >= 0.6 is 0 Å². The molecule has 1 saturated carbocycles. The van der Waals surface area contributed by atoms with E-state index in [0.29, 0.717) is 37.8 Å². The number of halogens is 6. The van der Waals surface area contributed by atoms with Gasteiger partial charge in [0, 0.05) is 17.8 Å². The highest BCUT2D eigenvalue weighted by atomic mass is 19.4. The van der Waals surface area contributed by atoms with Gasteiger partial charge >= 0.3 is 12.4 Å². The van der Waals surface area contributed by atoms with Crippen molar-refractivity contribution in [3.63, 3.8) is 0 Å². The van der Waals surface area contributed by atoms with Gasteiger partial charge in [-0.25, -0.2) is 0 Å². The van der Waals surface area contributed by atoms with E-state index < -0.39 is 40.8 Å². The Bertz CT molecular complexity index is 1180. The molecule has 0 bridgehead atoms. The lowest BCUT2D eigenvalue weighted by molar-refractivity contribution is -0.143. The molecule has 1 aliphatic carbocycles. The minimum Gasteiger partial charge on any atom is -0.346 e. The van der Waals surface area contributed by atoms with Crippen LogP contribution < -0.4 is 5.32 Å². The number of pyridine rings is 1. The van der Waals surface area contributed by atoms with Crippen LogP contribution in [-0.2, 0) is 22.7 Å². The summed E-state index contributed by atoms with van der Waals surface area (Å²) in [7, 11) is 0. The van der Waals surface area contributed by atoms with Crippen LogP contribution in [-0.4, -0.2) is 10.9 Å².